The van der Waals surface area contributed by atoms with Gasteiger partial charge in [0.1, 0.15) is 41.1 Å². The van der Waals surface area contributed by atoms with Gasteiger partial charge in [0.15, 0.2) is 28.8 Å². The average molecular weight is 582 g/mol. The lowest BCUT2D eigenvalue weighted by Crippen LogP contribution is -2.77. The molecular weight excluding hydrogens is 560 g/mol. The second-order valence-corrected chi connectivity index (χ2v) is 11.1. The SMILES string of the molecule is CC(=O)[C@]12c3c(cc(O)c(O)c3C(=O)O)OC[C@]13CC1C(=O)c4c(cc(O)c(O)c4C(=O)O)OC1[C@H]2C(C)C(=O)C3=O. The Bertz CT molecular complexity index is 1720. The van der Waals surface area contributed by atoms with Crippen molar-refractivity contribution in [2.24, 2.45) is 23.2 Å². The van der Waals surface area contributed by atoms with Crippen molar-refractivity contribution >= 4 is 35.1 Å². The van der Waals surface area contributed by atoms with Gasteiger partial charge in [-0.15, -0.1) is 0 Å². The lowest BCUT2D eigenvalue weighted by atomic mass is 9.37. The molecule has 2 aromatic rings. The third-order valence-corrected chi connectivity index (χ3v) is 9.37. The van der Waals surface area contributed by atoms with Gasteiger partial charge >= 0.3 is 11.9 Å². The van der Waals surface area contributed by atoms with Gasteiger partial charge in [-0.25, -0.2) is 9.59 Å². The fourth-order valence-corrected chi connectivity index (χ4v) is 7.86. The van der Waals surface area contributed by atoms with E-state index in [0.29, 0.717) is 0 Å². The van der Waals surface area contributed by atoms with Gasteiger partial charge in [0, 0.05) is 29.5 Å². The Morgan fingerprint density at radius 1 is 0.881 bits per heavy atom. The average Bonchev–Trinajstić information content (AvgIpc) is 2.91. The molecule has 0 saturated heterocycles. The molecule has 3 unspecified atom stereocenters. The molecule has 0 amide bonds. The summed E-state index contributed by atoms with van der Waals surface area (Å²) < 4.78 is 11.8. The Hall–Kier alpha value is -5.14. The second-order valence-electron chi connectivity index (χ2n) is 11.1. The summed E-state index contributed by atoms with van der Waals surface area (Å²) in [6.45, 7) is 1.66. The number of Topliss-reactive ketones (excluding diaryl/α,β-unsaturated/α-hetero) is 4. The van der Waals surface area contributed by atoms with E-state index < -0.39 is 134 Å². The summed E-state index contributed by atoms with van der Waals surface area (Å²) in [4.78, 5) is 80.0. The van der Waals surface area contributed by atoms with Crippen molar-refractivity contribution in [3.8, 4) is 34.5 Å². The molecule has 6 N–H and O–H groups in total. The van der Waals surface area contributed by atoms with E-state index in [0.717, 1.165) is 19.1 Å². The molecule has 6 rings (SSSR count). The maximum atomic E-state index is 14.0. The molecule has 0 radical (unpaired) electrons. The van der Waals surface area contributed by atoms with Crippen molar-refractivity contribution in [2.45, 2.75) is 31.8 Å². The molecule has 2 aliphatic carbocycles. The van der Waals surface area contributed by atoms with Gasteiger partial charge in [0.05, 0.1) is 22.3 Å². The molecule has 42 heavy (non-hydrogen) atoms. The number of phenols is 4. The Morgan fingerprint density at radius 2 is 1.45 bits per heavy atom. The Kier molecular flexibility index (Phi) is 5.29. The van der Waals surface area contributed by atoms with E-state index >= 15 is 0 Å². The van der Waals surface area contributed by atoms with E-state index in [1.165, 1.54) is 6.92 Å². The van der Waals surface area contributed by atoms with Crippen molar-refractivity contribution < 1.29 is 68.9 Å². The van der Waals surface area contributed by atoms with Crippen LogP contribution in [0.15, 0.2) is 12.1 Å². The van der Waals surface area contributed by atoms with Crippen molar-refractivity contribution in [1.82, 2.24) is 0 Å². The molecule has 2 aromatic carbocycles. The fraction of sp³-hybridized carbons (Fsp3) is 0.357. The third kappa shape index (κ3) is 2.83. The molecule has 2 heterocycles. The predicted octanol–water partition coefficient (Wildman–Crippen LogP) is 1.18. The molecular formula is C28H22O14. The zero-order valence-corrected chi connectivity index (χ0v) is 21.8. The molecule has 14 nitrogen and oxygen atoms in total. The third-order valence-electron chi connectivity index (χ3n) is 9.37. The van der Waals surface area contributed by atoms with E-state index in [1.54, 1.807) is 0 Å². The summed E-state index contributed by atoms with van der Waals surface area (Å²) in [5.41, 5.74) is -7.40. The second kappa shape index (κ2) is 8.21. The molecule has 14 heteroatoms. The zero-order chi connectivity index (χ0) is 30.8. The Morgan fingerprint density at radius 3 is 2.02 bits per heavy atom. The van der Waals surface area contributed by atoms with Crippen LogP contribution in [0.25, 0.3) is 0 Å². The number of carbonyl (C=O) groups is 6. The maximum Gasteiger partial charge on any atom is 0.340 e. The van der Waals surface area contributed by atoms with E-state index in [2.05, 4.69) is 0 Å². The highest BCUT2D eigenvalue weighted by Crippen LogP contribution is 2.69. The summed E-state index contributed by atoms with van der Waals surface area (Å²) in [5, 5.41) is 61.3. The minimum absolute atomic E-state index is 0.343. The van der Waals surface area contributed by atoms with Crippen molar-refractivity contribution in [3.05, 3.63) is 34.4 Å². The van der Waals surface area contributed by atoms with Crippen LogP contribution in [0, 0.1) is 23.2 Å². The van der Waals surface area contributed by atoms with Crippen LogP contribution in [-0.4, -0.2) is 78.4 Å². The number of carbonyl (C=O) groups excluding carboxylic acids is 4. The molecule has 2 aliphatic heterocycles. The first kappa shape index (κ1) is 27.1. The Labute approximate surface area is 234 Å². The molecule has 2 bridgehead atoms. The van der Waals surface area contributed by atoms with Gasteiger partial charge in [0.2, 0.25) is 11.6 Å². The monoisotopic (exact) mass is 582 g/mol. The number of benzene rings is 2. The fourth-order valence-electron chi connectivity index (χ4n) is 7.86. The lowest BCUT2D eigenvalue weighted by Gasteiger charge is -2.65. The van der Waals surface area contributed by atoms with Crippen LogP contribution < -0.4 is 9.47 Å². The number of hydrogen-bond acceptors (Lipinski definition) is 12. The largest absolute Gasteiger partial charge is 0.504 e. The van der Waals surface area contributed by atoms with Gasteiger partial charge < -0.3 is 40.1 Å². The van der Waals surface area contributed by atoms with Crippen LogP contribution in [0.2, 0.25) is 0 Å². The van der Waals surface area contributed by atoms with E-state index in [9.17, 15) is 59.4 Å². The number of phenolic OH excluding ortho intramolecular Hbond substituents is 2. The number of aromatic hydroxyl groups is 4. The molecule has 6 atom stereocenters. The Balaban J connectivity index is 1.73. The highest BCUT2D eigenvalue weighted by Gasteiger charge is 2.79. The number of ether oxygens (including phenoxy) is 2. The number of aromatic carboxylic acids is 2. The van der Waals surface area contributed by atoms with Gasteiger partial charge in [-0.05, 0) is 13.3 Å². The lowest BCUT2D eigenvalue weighted by molar-refractivity contribution is -0.187. The summed E-state index contributed by atoms with van der Waals surface area (Å²) >= 11 is 0. The number of carboxylic acids is 2. The summed E-state index contributed by atoms with van der Waals surface area (Å²) in [6, 6.07) is 1.69. The quantitative estimate of drug-likeness (QED) is 0.220. The van der Waals surface area contributed by atoms with Crippen molar-refractivity contribution in [2.75, 3.05) is 6.61 Å². The first-order chi connectivity index (χ1) is 19.6. The molecule has 4 aliphatic rings. The van der Waals surface area contributed by atoms with Crippen molar-refractivity contribution in [1.29, 1.82) is 0 Å². The zero-order valence-electron chi connectivity index (χ0n) is 21.8. The number of fused-ring (bicyclic) bond motifs is 4. The van der Waals surface area contributed by atoms with Crippen LogP contribution in [-0.2, 0) is 19.8 Å². The van der Waals surface area contributed by atoms with Crippen LogP contribution in [0.5, 0.6) is 34.5 Å². The molecule has 2 saturated carbocycles. The van der Waals surface area contributed by atoms with Crippen LogP contribution in [0.1, 0.15) is 56.9 Å². The topological polar surface area (TPSA) is 242 Å². The van der Waals surface area contributed by atoms with E-state index in [1.807, 2.05) is 0 Å². The minimum Gasteiger partial charge on any atom is -0.504 e. The smallest absolute Gasteiger partial charge is 0.340 e. The minimum atomic E-state index is -2.24. The predicted molar refractivity (Wildman–Crippen MR) is 133 cm³/mol. The molecule has 2 fully saturated rings. The van der Waals surface area contributed by atoms with Gasteiger partial charge in [0.25, 0.3) is 0 Å². The maximum absolute atomic E-state index is 14.0. The van der Waals surface area contributed by atoms with Crippen LogP contribution in [0.4, 0.5) is 0 Å². The summed E-state index contributed by atoms with van der Waals surface area (Å²) in [5.74, 6) is -16.4. The summed E-state index contributed by atoms with van der Waals surface area (Å²) in [7, 11) is 0. The van der Waals surface area contributed by atoms with Gasteiger partial charge in [-0.1, -0.05) is 6.92 Å². The summed E-state index contributed by atoms with van der Waals surface area (Å²) in [6.07, 6.45) is -2.09. The highest BCUT2D eigenvalue weighted by molar-refractivity contribution is 6.42. The van der Waals surface area contributed by atoms with Gasteiger partial charge in [-0.3, -0.25) is 19.2 Å². The molecule has 218 valence electrons. The number of ketones is 4. The number of carboxylic acid groups (broad SMARTS) is 2. The van der Waals surface area contributed by atoms with Crippen LogP contribution >= 0.6 is 0 Å². The number of hydrogen-bond donors (Lipinski definition) is 6. The standard InChI is InChI=1S/C28H22O14/c1-7-17-23-9(20(33)14-12(42-23)3-10(30)21(34)15(14)25(37)38)5-27(24(36)19(7)32)6-41-13-4-11(31)22(35)16(26(39)40)18(13)28(17,27)8(2)29/h3-4,7,9,17,23,30-31,34-35H,5-6H2,1-2H3,(H,37,38)(H,39,40)/t7?,9?,17-,23?,27+,28+/m1/s1. The normalized spacial score (nSPS) is 30.6. The first-order valence-electron chi connectivity index (χ1n) is 12.7. The first-order valence-corrected chi connectivity index (χ1v) is 12.7. The van der Waals surface area contributed by atoms with Gasteiger partial charge in [-0.2, -0.15) is 0 Å². The highest BCUT2D eigenvalue weighted by atomic mass is 16.5. The molecule has 0 spiro atoms. The van der Waals surface area contributed by atoms with Crippen molar-refractivity contribution in [3.63, 3.8) is 0 Å². The number of rotatable bonds is 3. The van der Waals surface area contributed by atoms with Crippen LogP contribution in [0.3, 0.4) is 0 Å². The van der Waals surface area contributed by atoms with E-state index in [-0.39, 0.29) is 5.75 Å². The molecule has 0 aromatic heterocycles. The van der Waals surface area contributed by atoms with E-state index in [4.69, 9.17) is 9.47 Å².